The molecule has 5 heteroatoms. The smallest absolute Gasteiger partial charge is 0.227 e. The Morgan fingerprint density at radius 3 is 2.52 bits per heavy atom. The average Bonchev–Trinajstić information content (AvgIpc) is 2.60. The van der Waals surface area contributed by atoms with Gasteiger partial charge in [-0.15, -0.1) is 0 Å². The zero-order chi connectivity index (χ0) is 17.2. The highest BCUT2D eigenvalue weighted by Crippen LogP contribution is 2.29. The van der Waals surface area contributed by atoms with E-state index in [1.54, 1.807) is 0 Å². The van der Waals surface area contributed by atoms with E-state index in [1.165, 1.54) is 12.0 Å². The predicted octanol–water partition coefficient (Wildman–Crippen LogP) is 2.03. The lowest BCUT2D eigenvalue weighted by Gasteiger charge is -2.38. The molecule has 1 saturated carbocycles. The molecule has 0 atom stereocenters. The van der Waals surface area contributed by atoms with Crippen molar-refractivity contribution in [3.05, 3.63) is 29.3 Å². The number of benzene rings is 1. The maximum absolute atomic E-state index is 12.6. The van der Waals surface area contributed by atoms with E-state index in [4.69, 9.17) is 4.74 Å². The molecule has 4 rings (SSSR count). The minimum atomic E-state index is 0.160. The molecule has 3 aliphatic rings. The van der Waals surface area contributed by atoms with Crippen LogP contribution in [0.2, 0.25) is 0 Å². The summed E-state index contributed by atoms with van der Waals surface area (Å²) in [4.78, 5) is 28.8. The van der Waals surface area contributed by atoms with Crippen LogP contribution in [0.25, 0.3) is 0 Å². The Balaban J connectivity index is 1.31. The van der Waals surface area contributed by atoms with Crippen molar-refractivity contribution < 1.29 is 14.3 Å². The molecule has 1 saturated heterocycles. The van der Waals surface area contributed by atoms with Crippen LogP contribution in [0.3, 0.4) is 0 Å². The van der Waals surface area contributed by atoms with Gasteiger partial charge in [-0.25, -0.2) is 0 Å². The lowest BCUT2D eigenvalue weighted by molar-refractivity contribution is -0.143. The number of carbonyl (C=O) groups is 2. The second kappa shape index (κ2) is 7.06. The summed E-state index contributed by atoms with van der Waals surface area (Å²) in [5.74, 6) is 1.67. The highest BCUT2D eigenvalue weighted by Gasteiger charge is 2.32. The van der Waals surface area contributed by atoms with Crippen molar-refractivity contribution in [2.75, 3.05) is 32.8 Å². The number of hydrogen-bond donors (Lipinski definition) is 0. The standard InChI is InChI=1S/C20H26N2O3/c23-19(14-15-6-7-18-17(13-15)5-2-12-25-18)21-8-10-22(11-9-21)20(24)16-3-1-4-16/h6-7,13,16H,1-5,8-12,14H2. The summed E-state index contributed by atoms with van der Waals surface area (Å²) >= 11 is 0. The third kappa shape index (κ3) is 3.51. The first-order valence-electron chi connectivity index (χ1n) is 9.52. The van der Waals surface area contributed by atoms with E-state index >= 15 is 0 Å². The Labute approximate surface area is 148 Å². The van der Waals surface area contributed by atoms with Gasteiger partial charge < -0.3 is 14.5 Å². The van der Waals surface area contributed by atoms with Gasteiger partial charge in [0.25, 0.3) is 0 Å². The van der Waals surface area contributed by atoms with Crippen molar-refractivity contribution in [3.8, 4) is 5.75 Å². The molecule has 1 aromatic rings. The molecule has 0 spiro atoms. The number of carbonyl (C=O) groups excluding carboxylic acids is 2. The first kappa shape index (κ1) is 16.4. The van der Waals surface area contributed by atoms with Gasteiger partial charge in [0.15, 0.2) is 0 Å². The SMILES string of the molecule is O=C(Cc1ccc2c(c1)CCCO2)N1CCN(C(=O)C2CCC2)CC1. The van der Waals surface area contributed by atoms with Gasteiger partial charge in [-0.05, 0) is 42.9 Å². The molecule has 2 amide bonds. The molecule has 0 bridgehead atoms. The number of ether oxygens (including phenoxy) is 1. The summed E-state index contributed by atoms with van der Waals surface area (Å²) in [5, 5.41) is 0. The van der Waals surface area contributed by atoms with Crippen LogP contribution in [-0.4, -0.2) is 54.4 Å². The van der Waals surface area contributed by atoms with E-state index in [0.29, 0.717) is 38.5 Å². The number of fused-ring (bicyclic) bond motifs is 1. The van der Waals surface area contributed by atoms with Crippen LogP contribution >= 0.6 is 0 Å². The van der Waals surface area contributed by atoms with Gasteiger partial charge in [0.05, 0.1) is 13.0 Å². The van der Waals surface area contributed by atoms with E-state index in [2.05, 4.69) is 6.07 Å². The van der Waals surface area contributed by atoms with Crippen molar-refractivity contribution in [2.24, 2.45) is 5.92 Å². The second-order valence-corrected chi connectivity index (χ2v) is 7.40. The number of nitrogens with zero attached hydrogens (tertiary/aromatic N) is 2. The summed E-state index contributed by atoms with van der Waals surface area (Å²) in [5.41, 5.74) is 2.27. The van der Waals surface area contributed by atoms with Crippen LogP contribution in [0.15, 0.2) is 18.2 Å². The monoisotopic (exact) mass is 342 g/mol. The normalized spacial score (nSPS) is 20.5. The summed E-state index contributed by atoms with van der Waals surface area (Å²) in [6.45, 7) is 3.46. The van der Waals surface area contributed by atoms with Gasteiger partial charge in [-0.3, -0.25) is 9.59 Å². The molecule has 0 aromatic heterocycles. The Hall–Kier alpha value is -2.04. The fourth-order valence-electron chi connectivity index (χ4n) is 3.90. The fraction of sp³-hybridized carbons (Fsp3) is 0.600. The fourth-order valence-corrected chi connectivity index (χ4v) is 3.90. The Morgan fingerprint density at radius 2 is 1.80 bits per heavy atom. The van der Waals surface area contributed by atoms with Gasteiger partial charge >= 0.3 is 0 Å². The quantitative estimate of drug-likeness (QED) is 0.844. The van der Waals surface area contributed by atoms with Crippen molar-refractivity contribution >= 4 is 11.8 Å². The van der Waals surface area contributed by atoms with E-state index in [9.17, 15) is 9.59 Å². The minimum Gasteiger partial charge on any atom is -0.493 e. The molecule has 0 N–H and O–H groups in total. The van der Waals surface area contributed by atoms with Gasteiger partial charge in [0.1, 0.15) is 5.75 Å². The third-order valence-corrected chi connectivity index (χ3v) is 5.73. The zero-order valence-corrected chi connectivity index (χ0v) is 14.7. The molecular formula is C20H26N2O3. The molecular weight excluding hydrogens is 316 g/mol. The predicted molar refractivity (Wildman–Crippen MR) is 94.5 cm³/mol. The first-order chi connectivity index (χ1) is 12.2. The second-order valence-electron chi connectivity index (χ2n) is 7.40. The van der Waals surface area contributed by atoms with Gasteiger partial charge in [0.2, 0.25) is 11.8 Å². The number of rotatable bonds is 3. The van der Waals surface area contributed by atoms with Crippen molar-refractivity contribution in [1.29, 1.82) is 0 Å². The molecule has 25 heavy (non-hydrogen) atoms. The first-order valence-corrected chi connectivity index (χ1v) is 9.52. The zero-order valence-electron chi connectivity index (χ0n) is 14.7. The topological polar surface area (TPSA) is 49.9 Å². The lowest BCUT2D eigenvalue weighted by Crippen LogP contribution is -2.52. The van der Waals surface area contributed by atoms with Crippen molar-refractivity contribution in [2.45, 2.75) is 38.5 Å². The Kier molecular flexibility index (Phi) is 4.64. The summed E-state index contributed by atoms with van der Waals surface area (Å²) < 4.78 is 5.63. The van der Waals surface area contributed by atoms with E-state index in [1.807, 2.05) is 21.9 Å². The van der Waals surface area contributed by atoms with Crippen molar-refractivity contribution in [3.63, 3.8) is 0 Å². The van der Waals surface area contributed by atoms with E-state index in [-0.39, 0.29) is 11.8 Å². The molecule has 2 aliphatic heterocycles. The van der Waals surface area contributed by atoms with Gasteiger partial charge in [-0.2, -0.15) is 0 Å². The molecule has 5 nitrogen and oxygen atoms in total. The van der Waals surface area contributed by atoms with Crippen molar-refractivity contribution in [1.82, 2.24) is 9.80 Å². The maximum Gasteiger partial charge on any atom is 0.227 e. The molecule has 1 aliphatic carbocycles. The van der Waals surface area contributed by atoms with Crippen LogP contribution < -0.4 is 4.74 Å². The molecule has 1 aromatic carbocycles. The largest absolute Gasteiger partial charge is 0.493 e. The Bertz CT molecular complexity index is 661. The molecule has 2 fully saturated rings. The average molecular weight is 342 g/mol. The summed E-state index contributed by atoms with van der Waals surface area (Å²) in [6, 6.07) is 6.10. The van der Waals surface area contributed by atoms with Crippen LogP contribution in [0.1, 0.15) is 36.8 Å². The number of hydrogen-bond acceptors (Lipinski definition) is 3. The van der Waals surface area contributed by atoms with Crippen LogP contribution in [-0.2, 0) is 22.4 Å². The van der Waals surface area contributed by atoms with Crippen LogP contribution in [0.4, 0.5) is 0 Å². The number of amides is 2. The lowest BCUT2D eigenvalue weighted by atomic mass is 9.84. The Morgan fingerprint density at radius 1 is 1.04 bits per heavy atom. The maximum atomic E-state index is 12.6. The van der Waals surface area contributed by atoms with E-state index in [0.717, 1.165) is 43.6 Å². The van der Waals surface area contributed by atoms with Crippen LogP contribution in [0, 0.1) is 5.92 Å². The molecule has 0 radical (unpaired) electrons. The molecule has 134 valence electrons. The third-order valence-electron chi connectivity index (χ3n) is 5.73. The molecule has 0 unspecified atom stereocenters. The van der Waals surface area contributed by atoms with E-state index < -0.39 is 0 Å². The summed E-state index contributed by atoms with van der Waals surface area (Å²) in [7, 11) is 0. The summed E-state index contributed by atoms with van der Waals surface area (Å²) in [6.07, 6.45) is 5.77. The highest BCUT2D eigenvalue weighted by atomic mass is 16.5. The number of piperazine rings is 1. The van der Waals surface area contributed by atoms with Gasteiger partial charge in [-0.1, -0.05) is 18.6 Å². The van der Waals surface area contributed by atoms with Crippen LogP contribution in [0.5, 0.6) is 5.75 Å². The minimum absolute atomic E-state index is 0.160. The number of aryl methyl sites for hydroxylation is 1. The highest BCUT2D eigenvalue weighted by molar-refractivity contribution is 5.81. The molecule has 2 heterocycles. The van der Waals surface area contributed by atoms with Gasteiger partial charge in [0, 0.05) is 32.1 Å².